The highest BCUT2D eigenvalue weighted by Crippen LogP contribution is 2.33. The Bertz CT molecular complexity index is 1210. The maximum atomic E-state index is 13.4. The van der Waals surface area contributed by atoms with E-state index in [0.717, 1.165) is 22.3 Å². The number of hydrogen-bond acceptors (Lipinski definition) is 2. The van der Waals surface area contributed by atoms with Gasteiger partial charge >= 0.3 is 0 Å². The van der Waals surface area contributed by atoms with Crippen LogP contribution in [0.15, 0.2) is 84.9 Å². The van der Waals surface area contributed by atoms with E-state index in [9.17, 15) is 9.59 Å². The Hall–Kier alpha value is -3.78. The van der Waals surface area contributed by atoms with E-state index in [1.807, 2.05) is 86.6 Å². The monoisotopic (exact) mass is 388 g/mol. The van der Waals surface area contributed by atoms with Crippen molar-refractivity contribution >= 4 is 11.6 Å². The summed E-state index contributed by atoms with van der Waals surface area (Å²) in [6, 6.07) is 27.4. The van der Waals surface area contributed by atoms with Crippen LogP contribution in [0.4, 0.5) is 0 Å². The molecular formula is C28H20O2. The molecule has 0 N–H and O–H groups in total. The van der Waals surface area contributed by atoms with E-state index in [1.165, 1.54) is 11.1 Å². The second-order valence-corrected chi connectivity index (χ2v) is 7.91. The zero-order chi connectivity index (χ0) is 20.8. The van der Waals surface area contributed by atoms with Gasteiger partial charge in [-0.1, -0.05) is 71.8 Å². The molecule has 0 aromatic heterocycles. The van der Waals surface area contributed by atoms with Gasteiger partial charge in [0.1, 0.15) is 0 Å². The average Bonchev–Trinajstić information content (AvgIpc) is 2.78. The van der Waals surface area contributed by atoms with Crippen LogP contribution in [0.5, 0.6) is 0 Å². The first-order valence-electron chi connectivity index (χ1n) is 10.0. The van der Waals surface area contributed by atoms with Crippen LogP contribution in [0, 0.1) is 13.8 Å². The van der Waals surface area contributed by atoms with E-state index in [0.29, 0.717) is 22.3 Å². The van der Waals surface area contributed by atoms with Gasteiger partial charge in [-0.15, -0.1) is 0 Å². The van der Waals surface area contributed by atoms with Gasteiger partial charge in [-0.3, -0.25) is 9.59 Å². The molecule has 0 amide bonds. The molecule has 0 spiro atoms. The number of carbonyl (C=O) groups excluding carboxylic acids is 2. The van der Waals surface area contributed by atoms with Crippen molar-refractivity contribution in [2.45, 2.75) is 13.8 Å². The molecule has 0 heterocycles. The molecule has 0 saturated carbocycles. The first-order chi connectivity index (χ1) is 14.5. The summed E-state index contributed by atoms with van der Waals surface area (Å²) < 4.78 is 0. The molecular weight excluding hydrogens is 368 g/mol. The fraction of sp³-hybridized carbons (Fsp3) is 0.0714. The Morgan fingerprint density at radius 2 is 0.733 bits per heavy atom. The smallest absolute Gasteiger partial charge is 0.194 e. The van der Waals surface area contributed by atoms with E-state index in [2.05, 4.69) is 0 Å². The van der Waals surface area contributed by atoms with Crippen LogP contribution in [0.25, 0.3) is 22.3 Å². The van der Waals surface area contributed by atoms with Crippen LogP contribution < -0.4 is 0 Å². The van der Waals surface area contributed by atoms with Crippen molar-refractivity contribution < 1.29 is 9.59 Å². The maximum Gasteiger partial charge on any atom is 0.194 e. The number of aryl methyl sites for hydroxylation is 2. The summed E-state index contributed by atoms with van der Waals surface area (Å²) in [5, 5.41) is 0. The van der Waals surface area contributed by atoms with Gasteiger partial charge in [0.2, 0.25) is 0 Å². The SMILES string of the molecule is Cc1ccc(-c2ccc3c(c2)C(=O)c2cc(-c4ccc(C)cc4)ccc2C3=O)cc1. The zero-order valence-electron chi connectivity index (χ0n) is 16.9. The van der Waals surface area contributed by atoms with Gasteiger partial charge in [0.15, 0.2) is 11.6 Å². The summed E-state index contributed by atoms with van der Waals surface area (Å²) in [4.78, 5) is 26.5. The summed E-state index contributed by atoms with van der Waals surface area (Å²) in [7, 11) is 0. The third-order valence-corrected chi connectivity index (χ3v) is 5.79. The van der Waals surface area contributed by atoms with Crippen LogP contribution >= 0.6 is 0 Å². The summed E-state index contributed by atoms with van der Waals surface area (Å²) in [6.45, 7) is 4.09. The molecule has 0 unspecified atom stereocenters. The summed E-state index contributed by atoms with van der Waals surface area (Å²) in [6.07, 6.45) is 0. The quantitative estimate of drug-likeness (QED) is 0.350. The fourth-order valence-electron chi connectivity index (χ4n) is 4.00. The number of fused-ring (bicyclic) bond motifs is 2. The Balaban J connectivity index is 1.61. The van der Waals surface area contributed by atoms with Crippen molar-refractivity contribution in [3.63, 3.8) is 0 Å². The molecule has 30 heavy (non-hydrogen) atoms. The van der Waals surface area contributed by atoms with E-state index in [-0.39, 0.29) is 11.6 Å². The topological polar surface area (TPSA) is 34.1 Å². The van der Waals surface area contributed by atoms with E-state index < -0.39 is 0 Å². The van der Waals surface area contributed by atoms with Crippen LogP contribution in [-0.2, 0) is 0 Å². The lowest BCUT2D eigenvalue weighted by Gasteiger charge is -2.19. The lowest BCUT2D eigenvalue weighted by atomic mass is 9.81. The average molecular weight is 388 g/mol. The van der Waals surface area contributed by atoms with Gasteiger partial charge in [0.25, 0.3) is 0 Å². The summed E-state index contributed by atoms with van der Waals surface area (Å²) >= 11 is 0. The number of benzene rings is 4. The molecule has 0 fully saturated rings. The molecule has 0 aliphatic heterocycles. The zero-order valence-corrected chi connectivity index (χ0v) is 16.9. The normalized spacial score (nSPS) is 12.5. The molecule has 1 aliphatic carbocycles. The molecule has 0 radical (unpaired) electrons. The minimum Gasteiger partial charge on any atom is -0.289 e. The molecule has 144 valence electrons. The first kappa shape index (κ1) is 18.3. The first-order valence-corrected chi connectivity index (χ1v) is 10.0. The molecule has 2 heteroatoms. The number of rotatable bonds is 2. The van der Waals surface area contributed by atoms with Gasteiger partial charge in [0.05, 0.1) is 0 Å². The lowest BCUT2D eigenvalue weighted by molar-refractivity contribution is 0.0979. The highest BCUT2D eigenvalue weighted by molar-refractivity contribution is 6.29. The molecule has 2 nitrogen and oxygen atoms in total. The second kappa shape index (κ2) is 6.93. The Morgan fingerprint density at radius 1 is 0.400 bits per heavy atom. The minimum atomic E-state index is -0.0949. The molecule has 4 aromatic carbocycles. The fourth-order valence-corrected chi connectivity index (χ4v) is 4.00. The number of carbonyl (C=O) groups is 2. The number of hydrogen-bond donors (Lipinski definition) is 0. The highest BCUT2D eigenvalue weighted by atomic mass is 16.1. The maximum absolute atomic E-state index is 13.4. The van der Waals surface area contributed by atoms with Crippen molar-refractivity contribution in [2.75, 3.05) is 0 Å². The lowest BCUT2D eigenvalue weighted by Crippen LogP contribution is -2.21. The van der Waals surface area contributed by atoms with E-state index >= 15 is 0 Å². The molecule has 0 bridgehead atoms. The van der Waals surface area contributed by atoms with Gasteiger partial charge < -0.3 is 0 Å². The predicted molar refractivity (Wildman–Crippen MR) is 120 cm³/mol. The van der Waals surface area contributed by atoms with Crippen molar-refractivity contribution in [2.24, 2.45) is 0 Å². The second-order valence-electron chi connectivity index (χ2n) is 7.91. The van der Waals surface area contributed by atoms with Crippen LogP contribution in [0.3, 0.4) is 0 Å². The molecule has 0 saturated heterocycles. The largest absolute Gasteiger partial charge is 0.289 e. The van der Waals surface area contributed by atoms with Crippen LogP contribution in [0.1, 0.15) is 43.0 Å². The summed E-state index contributed by atoms with van der Waals surface area (Å²) in [5.41, 5.74) is 8.21. The van der Waals surface area contributed by atoms with Gasteiger partial charge in [0, 0.05) is 22.3 Å². The Morgan fingerprint density at radius 3 is 1.13 bits per heavy atom. The predicted octanol–water partition coefficient (Wildman–Crippen LogP) is 6.41. The summed E-state index contributed by atoms with van der Waals surface area (Å²) in [5.74, 6) is -0.187. The van der Waals surface area contributed by atoms with E-state index in [4.69, 9.17) is 0 Å². The standard InChI is InChI=1S/C28H20O2/c1-17-3-7-19(8-4-17)21-11-13-23-25(15-21)28(30)26-16-22(12-14-24(26)27(23)29)20-9-5-18(2)6-10-20/h3-16H,1-2H3. The number of ketones is 2. The van der Waals surface area contributed by atoms with Crippen molar-refractivity contribution in [3.05, 3.63) is 118 Å². The Labute approximate surface area is 175 Å². The Kier molecular flexibility index (Phi) is 4.22. The van der Waals surface area contributed by atoms with Crippen molar-refractivity contribution in [3.8, 4) is 22.3 Å². The molecule has 4 aromatic rings. The highest BCUT2D eigenvalue weighted by Gasteiger charge is 2.30. The molecule has 5 rings (SSSR count). The minimum absolute atomic E-state index is 0.0921. The van der Waals surface area contributed by atoms with Gasteiger partial charge in [-0.2, -0.15) is 0 Å². The van der Waals surface area contributed by atoms with Crippen molar-refractivity contribution in [1.82, 2.24) is 0 Å². The van der Waals surface area contributed by atoms with E-state index in [1.54, 1.807) is 12.1 Å². The van der Waals surface area contributed by atoms with Crippen LogP contribution in [-0.4, -0.2) is 11.6 Å². The van der Waals surface area contributed by atoms with Gasteiger partial charge in [-0.05, 0) is 60.4 Å². The third kappa shape index (κ3) is 2.98. The molecule has 0 atom stereocenters. The van der Waals surface area contributed by atoms with Crippen molar-refractivity contribution in [1.29, 1.82) is 0 Å². The molecule has 1 aliphatic rings. The van der Waals surface area contributed by atoms with Crippen LogP contribution in [0.2, 0.25) is 0 Å². The third-order valence-electron chi connectivity index (χ3n) is 5.79. The van der Waals surface area contributed by atoms with Gasteiger partial charge in [-0.25, -0.2) is 0 Å².